The maximum atomic E-state index is 12.1. The van der Waals surface area contributed by atoms with E-state index in [2.05, 4.69) is 9.68 Å². The van der Waals surface area contributed by atoms with Gasteiger partial charge in [0.1, 0.15) is 17.5 Å². The van der Waals surface area contributed by atoms with Gasteiger partial charge in [-0.2, -0.15) is 4.90 Å². The van der Waals surface area contributed by atoms with Crippen molar-refractivity contribution in [1.29, 1.82) is 0 Å². The maximum absolute atomic E-state index is 12.1. The summed E-state index contributed by atoms with van der Waals surface area (Å²) in [5.74, 6) is 0.00787. The number of aromatic nitrogens is 1. The topological polar surface area (TPSA) is 81.9 Å². The highest BCUT2D eigenvalue weighted by atomic mass is 16.6. The zero-order valence-electron chi connectivity index (χ0n) is 12.6. The third-order valence-electron chi connectivity index (χ3n) is 1.81. The molecular weight excluding hydrogens is 264 g/mol. The minimum Gasteiger partial charge on any atom is -0.443 e. The van der Waals surface area contributed by atoms with Crippen molar-refractivity contribution in [2.45, 2.75) is 52.7 Å². The molecule has 0 aromatic carbocycles. The molecule has 7 nitrogen and oxygen atoms in total. The van der Waals surface area contributed by atoms with Crippen LogP contribution in [0.3, 0.4) is 0 Å². The van der Waals surface area contributed by atoms with E-state index in [0.717, 1.165) is 0 Å². The van der Waals surface area contributed by atoms with Crippen molar-refractivity contribution in [3.8, 4) is 0 Å². The van der Waals surface area contributed by atoms with E-state index >= 15 is 0 Å². The Bertz CT molecular complexity index is 440. The first-order valence-corrected chi connectivity index (χ1v) is 6.16. The van der Waals surface area contributed by atoms with Crippen molar-refractivity contribution in [3.05, 3.63) is 12.3 Å². The predicted octanol–water partition coefficient (Wildman–Crippen LogP) is 3.35. The highest BCUT2D eigenvalue weighted by Gasteiger charge is 2.34. The van der Waals surface area contributed by atoms with Crippen LogP contribution < -0.4 is 4.90 Å². The molecular formula is C13H20N2O5. The number of carbonyl (C=O) groups is 2. The molecule has 0 unspecified atom stereocenters. The van der Waals surface area contributed by atoms with Crippen LogP contribution in [0.15, 0.2) is 16.9 Å². The molecule has 1 aromatic rings. The summed E-state index contributed by atoms with van der Waals surface area (Å²) < 4.78 is 15.0. The number of nitrogens with zero attached hydrogens (tertiary/aromatic N) is 2. The summed E-state index contributed by atoms with van der Waals surface area (Å²) in [5, 5.41) is 3.57. The lowest BCUT2D eigenvalue weighted by Crippen LogP contribution is -2.44. The van der Waals surface area contributed by atoms with E-state index in [1.54, 1.807) is 41.5 Å². The Kier molecular flexibility index (Phi) is 4.42. The lowest BCUT2D eigenvalue weighted by Gasteiger charge is -2.27. The Morgan fingerprint density at radius 1 is 1.05 bits per heavy atom. The van der Waals surface area contributed by atoms with Crippen LogP contribution in [-0.2, 0) is 9.47 Å². The van der Waals surface area contributed by atoms with Crippen molar-refractivity contribution in [2.24, 2.45) is 0 Å². The van der Waals surface area contributed by atoms with Crippen molar-refractivity contribution in [2.75, 3.05) is 4.90 Å². The van der Waals surface area contributed by atoms with E-state index in [1.807, 2.05) is 0 Å². The fourth-order valence-corrected chi connectivity index (χ4v) is 1.20. The number of hydrogen-bond acceptors (Lipinski definition) is 6. The highest BCUT2D eigenvalue weighted by molar-refractivity contribution is 6.08. The largest absolute Gasteiger partial charge is 0.443 e. The number of ether oxygens (including phenoxy) is 2. The molecule has 0 fully saturated rings. The molecule has 0 aliphatic heterocycles. The van der Waals surface area contributed by atoms with Crippen molar-refractivity contribution in [1.82, 2.24) is 5.16 Å². The number of amides is 2. The van der Waals surface area contributed by atoms with Crippen molar-refractivity contribution < 1.29 is 23.6 Å². The molecule has 0 atom stereocenters. The van der Waals surface area contributed by atoms with Gasteiger partial charge in [0.25, 0.3) is 0 Å². The molecule has 0 spiro atoms. The summed E-state index contributed by atoms with van der Waals surface area (Å²) in [6.07, 6.45) is -0.502. The molecule has 0 saturated heterocycles. The SMILES string of the molecule is CC(C)(C)OC(=O)N(C(=O)OC(C)(C)C)c1ccon1. The minimum absolute atomic E-state index is 0.00787. The second-order valence-electron chi connectivity index (χ2n) is 6.15. The predicted molar refractivity (Wildman–Crippen MR) is 71.5 cm³/mol. The van der Waals surface area contributed by atoms with Crippen LogP contribution in [0.1, 0.15) is 41.5 Å². The van der Waals surface area contributed by atoms with Gasteiger partial charge in [0.15, 0.2) is 5.82 Å². The number of carbonyl (C=O) groups excluding carboxylic acids is 2. The standard InChI is InChI=1S/C13H20N2O5/c1-12(2,3)19-10(16)15(9-7-8-18-14-9)11(17)20-13(4,5)6/h7-8H,1-6H3. The molecule has 0 saturated carbocycles. The molecule has 20 heavy (non-hydrogen) atoms. The molecule has 0 aliphatic carbocycles. The summed E-state index contributed by atoms with van der Waals surface area (Å²) in [6.45, 7) is 10.2. The average molecular weight is 284 g/mol. The Morgan fingerprint density at radius 3 is 1.80 bits per heavy atom. The third-order valence-corrected chi connectivity index (χ3v) is 1.81. The van der Waals surface area contributed by atoms with Crippen LogP contribution in [0.25, 0.3) is 0 Å². The van der Waals surface area contributed by atoms with E-state index in [9.17, 15) is 9.59 Å². The quantitative estimate of drug-likeness (QED) is 0.786. The first-order chi connectivity index (χ1) is 8.99. The van der Waals surface area contributed by atoms with Gasteiger partial charge in [0, 0.05) is 6.07 Å². The Labute approximate surface area is 117 Å². The van der Waals surface area contributed by atoms with Crippen LogP contribution >= 0.6 is 0 Å². The first-order valence-electron chi connectivity index (χ1n) is 6.16. The van der Waals surface area contributed by atoms with Crippen molar-refractivity contribution in [3.63, 3.8) is 0 Å². The number of hydrogen-bond donors (Lipinski definition) is 0. The van der Waals surface area contributed by atoms with Gasteiger partial charge < -0.3 is 14.0 Å². The first kappa shape index (κ1) is 16.0. The summed E-state index contributed by atoms with van der Waals surface area (Å²) in [7, 11) is 0. The van der Waals surface area contributed by atoms with Gasteiger partial charge in [-0.25, -0.2) is 9.59 Å². The third kappa shape index (κ3) is 4.91. The molecule has 1 heterocycles. The monoisotopic (exact) mass is 284 g/mol. The van der Waals surface area contributed by atoms with Gasteiger partial charge in [-0.05, 0) is 41.5 Å². The number of imide groups is 1. The number of anilines is 1. The zero-order chi connectivity index (χ0) is 15.6. The van der Waals surface area contributed by atoms with Crippen molar-refractivity contribution >= 4 is 18.0 Å². The van der Waals surface area contributed by atoms with E-state index in [0.29, 0.717) is 4.90 Å². The highest BCUT2D eigenvalue weighted by Crippen LogP contribution is 2.19. The van der Waals surface area contributed by atoms with E-state index < -0.39 is 23.4 Å². The lowest BCUT2D eigenvalue weighted by atomic mass is 10.2. The van der Waals surface area contributed by atoms with Gasteiger partial charge in [-0.3, -0.25) is 0 Å². The molecule has 0 aliphatic rings. The molecule has 0 bridgehead atoms. The van der Waals surface area contributed by atoms with Gasteiger partial charge in [0.2, 0.25) is 0 Å². The van der Waals surface area contributed by atoms with Gasteiger partial charge in [-0.15, -0.1) is 0 Å². The van der Waals surface area contributed by atoms with E-state index in [-0.39, 0.29) is 5.82 Å². The Hall–Kier alpha value is -2.05. The summed E-state index contributed by atoms with van der Waals surface area (Å²) in [4.78, 5) is 24.9. The fraction of sp³-hybridized carbons (Fsp3) is 0.615. The molecule has 0 N–H and O–H groups in total. The fourth-order valence-electron chi connectivity index (χ4n) is 1.20. The van der Waals surface area contributed by atoms with Crippen LogP contribution in [-0.4, -0.2) is 28.5 Å². The van der Waals surface area contributed by atoms with Gasteiger partial charge >= 0.3 is 12.2 Å². The maximum Gasteiger partial charge on any atom is 0.425 e. The number of rotatable bonds is 1. The molecule has 2 amide bonds. The van der Waals surface area contributed by atoms with E-state index in [1.165, 1.54) is 12.3 Å². The van der Waals surface area contributed by atoms with E-state index in [4.69, 9.17) is 9.47 Å². The van der Waals surface area contributed by atoms with Gasteiger partial charge in [0.05, 0.1) is 0 Å². The molecule has 0 radical (unpaired) electrons. The van der Waals surface area contributed by atoms with Crippen LogP contribution in [0, 0.1) is 0 Å². The Morgan fingerprint density at radius 2 is 1.50 bits per heavy atom. The van der Waals surface area contributed by atoms with Gasteiger partial charge in [-0.1, -0.05) is 5.16 Å². The van der Waals surface area contributed by atoms with Crippen LogP contribution in [0.4, 0.5) is 15.4 Å². The Balaban J connectivity index is 2.98. The summed E-state index contributed by atoms with van der Waals surface area (Å²) in [5.41, 5.74) is -1.50. The normalized spacial score (nSPS) is 11.9. The summed E-state index contributed by atoms with van der Waals surface area (Å²) >= 11 is 0. The molecule has 112 valence electrons. The minimum atomic E-state index is -0.874. The molecule has 1 rings (SSSR count). The second-order valence-corrected chi connectivity index (χ2v) is 6.15. The lowest BCUT2D eigenvalue weighted by molar-refractivity contribution is 0.0427. The zero-order valence-corrected chi connectivity index (χ0v) is 12.6. The van der Waals surface area contributed by atoms with Crippen LogP contribution in [0.2, 0.25) is 0 Å². The average Bonchev–Trinajstić information content (AvgIpc) is 2.64. The molecule has 7 heteroatoms. The smallest absolute Gasteiger partial charge is 0.425 e. The second kappa shape index (κ2) is 5.52. The molecule has 1 aromatic heterocycles. The van der Waals surface area contributed by atoms with Crippen LogP contribution in [0.5, 0.6) is 0 Å². The summed E-state index contributed by atoms with van der Waals surface area (Å²) in [6, 6.07) is 1.37.